The minimum Gasteiger partial charge on any atom is -0.508 e. The van der Waals surface area contributed by atoms with E-state index in [4.69, 9.17) is 0 Å². The molecule has 1 aliphatic heterocycles. The predicted octanol–water partition coefficient (Wildman–Crippen LogP) is 2.70. The SMILES string of the molecule is CCNC(=NCCCNC(=O)c1cccc(O)c1)NC1CCN(C2CCCC2)C1.I. The van der Waals surface area contributed by atoms with E-state index in [1.54, 1.807) is 18.2 Å². The quantitative estimate of drug-likeness (QED) is 0.180. The smallest absolute Gasteiger partial charge is 0.251 e. The van der Waals surface area contributed by atoms with E-state index in [-0.39, 0.29) is 35.6 Å². The third kappa shape index (κ3) is 7.61. The molecule has 1 amide bonds. The van der Waals surface area contributed by atoms with Gasteiger partial charge in [-0.2, -0.15) is 0 Å². The van der Waals surface area contributed by atoms with Crippen LogP contribution in [0, 0.1) is 0 Å². The second-order valence-corrected chi connectivity index (χ2v) is 7.98. The molecule has 0 radical (unpaired) electrons. The molecule has 0 spiro atoms. The minimum atomic E-state index is -0.173. The molecule has 168 valence electrons. The molecule has 1 unspecified atom stereocenters. The summed E-state index contributed by atoms with van der Waals surface area (Å²) in [5.41, 5.74) is 0.469. The van der Waals surface area contributed by atoms with Crippen molar-refractivity contribution in [2.75, 3.05) is 32.7 Å². The largest absolute Gasteiger partial charge is 0.508 e. The molecule has 8 heteroatoms. The summed E-state index contributed by atoms with van der Waals surface area (Å²) in [6.45, 7) is 6.40. The van der Waals surface area contributed by atoms with E-state index in [0.29, 0.717) is 24.7 Å². The lowest BCUT2D eigenvalue weighted by Crippen LogP contribution is -2.45. The van der Waals surface area contributed by atoms with Gasteiger partial charge in [0.15, 0.2) is 5.96 Å². The first-order valence-electron chi connectivity index (χ1n) is 11.0. The third-order valence-electron chi connectivity index (χ3n) is 5.74. The van der Waals surface area contributed by atoms with E-state index in [1.807, 2.05) is 0 Å². The van der Waals surface area contributed by atoms with Gasteiger partial charge in [-0.15, -0.1) is 24.0 Å². The average Bonchev–Trinajstić information content (AvgIpc) is 3.39. The number of aliphatic imine (C=N–C) groups is 1. The number of carbonyl (C=O) groups excluding carboxylic acids is 1. The standard InChI is InChI=1S/C22H35N5O2.HI/c1-2-23-22(26-18-11-14-27(16-18)19-8-3-4-9-19)25-13-6-12-24-21(29)17-7-5-10-20(28)15-17;/h5,7,10,15,18-19,28H,2-4,6,8-9,11-14,16H2,1H3,(H,24,29)(H2,23,25,26);1H. The number of phenolic OH excluding ortho intramolecular Hbond substituents is 1. The summed E-state index contributed by atoms with van der Waals surface area (Å²) in [5, 5.41) is 19.3. The van der Waals surface area contributed by atoms with Crippen LogP contribution < -0.4 is 16.0 Å². The lowest BCUT2D eigenvalue weighted by atomic mass is 10.2. The van der Waals surface area contributed by atoms with E-state index in [0.717, 1.165) is 31.5 Å². The van der Waals surface area contributed by atoms with Crippen LogP contribution in [-0.2, 0) is 0 Å². The number of likely N-dealkylation sites (tertiary alicyclic amines) is 1. The summed E-state index contributed by atoms with van der Waals surface area (Å²) in [6, 6.07) is 7.63. The molecule has 1 saturated heterocycles. The first kappa shape index (κ1) is 24.7. The maximum Gasteiger partial charge on any atom is 0.251 e. The lowest BCUT2D eigenvalue weighted by molar-refractivity contribution is 0.0953. The monoisotopic (exact) mass is 529 g/mol. The molecule has 1 aromatic rings. The number of hydrogen-bond donors (Lipinski definition) is 4. The van der Waals surface area contributed by atoms with Gasteiger partial charge in [0.25, 0.3) is 5.91 Å². The number of aromatic hydroxyl groups is 1. The molecular weight excluding hydrogens is 493 g/mol. The van der Waals surface area contributed by atoms with Crippen LogP contribution in [0.1, 0.15) is 55.8 Å². The van der Waals surface area contributed by atoms with Gasteiger partial charge in [-0.25, -0.2) is 0 Å². The summed E-state index contributed by atoms with van der Waals surface area (Å²) in [7, 11) is 0. The van der Waals surface area contributed by atoms with Gasteiger partial charge < -0.3 is 21.1 Å². The Bertz CT molecular complexity index is 694. The molecule has 1 saturated carbocycles. The Hall–Kier alpha value is -1.55. The zero-order chi connectivity index (χ0) is 20.5. The Kier molecular flexibility index (Phi) is 10.7. The zero-order valence-electron chi connectivity index (χ0n) is 17.9. The summed E-state index contributed by atoms with van der Waals surface area (Å²) < 4.78 is 0. The van der Waals surface area contributed by atoms with Crippen molar-refractivity contribution in [3.05, 3.63) is 29.8 Å². The number of phenols is 1. The van der Waals surface area contributed by atoms with E-state index < -0.39 is 0 Å². The molecule has 4 N–H and O–H groups in total. The van der Waals surface area contributed by atoms with Crippen LogP contribution in [0.5, 0.6) is 5.75 Å². The third-order valence-corrected chi connectivity index (χ3v) is 5.74. The van der Waals surface area contributed by atoms with Gasteiger partial charge >= 0.3 is 0 Å². The fourth-order valence-corrected chi connectivity index (χ4v) is 4.24. The molecule has 1 aliphatic carbocycles. The van der Waals surface area contributed by atoms with Crippen molar-refractivity contribution >= 4 is 35.8 Å². The molecule has 0 aromatic heterocycles. The molecule has 30 heavy (non-hydrogen) atoms. The number of halogens is 1. The first-order chi connectivity index (χ1) is 14.2. The number of nitrogens with zero attached hydrogens (tertiary/aromatic N) is 2. The van der Waals surface area contributed by atoms with Gasteiger partial charge in [-0.1, -0.05) is 18.9 Å². The molecule has 1 atom stereocenters. The van der Waals surface area contributed by atoms with Crippen LogP contribution >= 0.6 is 24.0 Å². The summed E-state index contributed by atoms with van der Waals surface area (Å²) in [5.74, 6) is 0.792. The maximum atomic E-state index is 12.1. The van der Waals surface area contributed by atoms with Crippen LogP contribution in [0.25, 0.3) is 0 Å². The maximum absolute atomic E-state index is 12.1. The second kappa shape index (κ2) is 13.0. The first-order valence-corrected chi connectivity index (χ1v) is 11.0. The number of guanidine groups is 1. The van der Waals surface area contributed by atoms with Gasteiger partial charge in [0.2, 0.25) is 0 Å². The number of nitrogens with one attached hydrogen (secondary N) is 3. The Morgan fingerprint density at radius 3 is 2.77 bits per heavy atom. The summed E-state index contributed by atoms with van der Waals surface area (Å²) in [4.78, 5) is 19.4. The zero-order valence-corrected chi connectivity index (χ0v) is 20.2. The van der Waals surface area contributed by atoms with E-state index in [2.05, 4.69) is 32.8 Å². The van der Waals surface area contributed by atoms with Crippen LogP contribution in [-0.4, -0.2) is 66.7 Å². The Morgan fingerprint density at radius 1 is 1.23 bits per heavy atom. The van der Waals surface area contributed by atoms with E-state index >= 15 is 0 Å². The molecule has 0 bridgehead atoms. The van der Waals surface area contributed by atoms with Crippen molar-refractivity contribution < 1.29 is 9.90 Å². The van der Waals surface area contributed by atoms with Crippen molar-refractivity contribution in [1.82, 2.24) is 20.9 Å². The Morgan fingerprint density at radius 2 is 2.03 bits per heavy atom. The van der Waals surface area contributed by atoms with Crippen LogP contribution in [0.4, 0.5) is 0 Å². The molecule has 7 nitrogen and oxygen atoms in total. The minimum absolute atomic E-state index is 0. The average molecular weight is 529 g/mol. The number of benzene rings is 1. The highest BCUT2D eigenvalue weighted by Crippen LogP contribution is 2.26. The van der Waals surface area contributed by atoms with E-state index in [9.17, 15) is 9.90 Å². The van der Waals surface area contributed by atoms with Gasteiger partial charge in [-0.05, 0) is 50.8 Å². The summed E-state index contributed by atoms with van der Waals surface area (Å²) >= 11 is 0. The normalized spacial score (nSPS) is 20.0. The molecule has 1 heterocycles. The molecule has 2 fully saturated rings. The van der Waals surface area contributed by atoms with Crippen molar-refractivity contribution in [2.45, 2.75) is 57.5 Å². The topological polar surface area (TPSA) is 89.0 Å². The highest BCUT2D eigenvalue weighted by Gasteiger charge is 2.30. The highest BCUT2D eigenvalue weighted by atomic mass is 127. The van der Waals surface area contributed by atoms with Gasteiger partial charge in [0.1, 0.15) is 5.75 Å². The van der Waals surface area contributed by atoms with Gasteiger partial charge in [0.05, 0.1) is 0 Å². The predicted molar refractivity (Wildman–Crippen MR) is 132 cm³/mol. The molecular formula is C22H36IN5O2. The van der Waals surface area contributed by atoms with Crippen LogP contribution in [0.3, 0.4) is 0 Å². The molecule has 2 aliphatic rings. The highest BCUT2D eigenvalue weighted by molar-refractivity contribution is 14.0. The van der Waals surface area contributed by atoms with Crippen molar-refractivity contribution in [2.24, 2.45) is 4.99 Å². The number of carbonyl (C=O) groups is 1. The van der Waals surface area contributed by atoms with Crippen LogP contribution in [0.2, 0.25) is 0 Å². The fourth-order valence-electron chi connectivity index (χ4n) is 4.24. The van der Waals surface area contributed by atoms with Crippen molar-refractivity contribution in [3.8, 4) is 5.75 Å². The Labute approximate surface area is 197 Å². The fraction of sp³-hybridized carbons (Fsp3) is 0.636. The number of hydrogen-bond acceptors (Lipinski definition) is 4. The number of amides is 1. The second-order valence-electron chi connectivity index (χ2n) is 7.98. The molecule has 1 aromatic carbocycles. The van der Waals surface area contributed by atoms with E-state index in [1.165, 1.54) is 44.7 Å². The van der Waals surface area contributed by atoms with Gasteiger partial charge in [-0.3, -0.25) is 14.7 Å². The van der Waals surface area contributed by atoms with Gasteiger partial charge in [0, 0.05) is 50.4 Å². The lowest BCUT2D eigenvalue weighted by Gasteiger charge is -2.24. The van der Waals surface area contributed by atoms with Crippen LogP contribution in [0.15, 0.2) is 29.3 Å². The van der Waals surface area contributed by atoms with Crippen molar-refractivity contribution in [3.63, 3.8) is 0 Å². The Balaban J connectivity index is 0.00000320. The summed E-state index contributed by atoms with van der Waals surface area (Å²) in [6.07, 6.45) is 7.40. The van der Waals surface area contributed by atoms with Crippen molar-refractivity contribution in [1.29, 1.82) is 0 Å². The number of rotatable bonds is 8. The molecule has 3 rings (SSSR count).